The number of benzene rings is 1. The van der Waals surface area contributed by atoms with Gasteiger partial charge in [-0.3, -0.25) is 0 Å². The van der Waals surface area contributed by atoms with Crippen molar-refractivity contribution in [2.75, 3.05) is 6.61 Å². The average molecular weight is 281 g/mol. The number of hydrogen-bond acceptors (Lipinski definition) is 3. The monoisotopic (exact) mass is 281 g/mol. The lowest BCUT2D eigenvalue weighted by atomic mass is 9.81. The van der Waals surface area contributed by atoms with E-state index in [1.165, 1.54) is 0 Å². The van der Waals surface area contributed by atoms with E-state index in [1.807, 2.05) is 0 Å². The Morgan fingerprint density at radius 3 is 2.37 bits per heavy atom. The highest BCUT2D eigenvalue weighted by molar-refractivity contribution is 5.33. The molecular formula is C12H15F4NO2. The molecule has 3 N–H and O–H groups in total. The molecule has 0 aliphatic rings. The van der Waals surface area contributed by atoms with Crippen LogP contribution in [0, 0.1) is 11.2 Å². The third-order valence-corrected chi connectivity index (χ3v) is 2.79. The van der Waals surface area contributed by atoms with Gasteiger partial charge >= 0.3 is 6.36 Å². The van der Waals surface area contributed by atoms with Gasteiger partial charge in [-0.25, -0.2) is 4.39 Å². The minimum absolute atomic E-state index is 0.138. The second-order valence-corrected chi connectivity index (χ2v) is 4.86. The number of aliphatic hydroxyl groups is 1. The van der Waals surface area contributed by atoms with Crippen molar-refractivity contribution in [2.45, 2.75) is 26.3 Å². The van der Waals surface area contributed by atoms with Gasteiger partial charge in [0.05, 0.1) is 0 Å². The molecule has 19 heavy (non-hydrogen) atoms. The Labute approximate surface area is 108 Å². The maximum Gasteiger partial charge on any atom is 0.573 e. The number of halogens is 4. The molecule has 1 aromatic carbocycles. The van der Waals surface area contributed by atoms with Crippen LogP contribution < -0.4 is 10.5 Å². The van der Waals surface area contributed by atoms with Crippen molar-refractivity contribution in [3.05, 3.63) is 29.6 Å². The van der Waals surface area contributed by atoms with Crippen LogP contribution in [0.25, 0.3) is 0 Å². The Balaban J connectivity index is 3.11. The highest BCUT2D eigenvalue weighted by Gasteiger charge is 2.33. The molecule has 3 nitrogen and oxygen atoms in total. The topological polar surface area (TPSA) is 55.5 Å². The first-order valence-electron chi connectivity index (χ1n) is 5.48. The normalized spacial score (nSPS) is 14.3. The summed E-state index contributed by atoms with van der Waals surface area (Å²) in [6.45, 7) is 2.82. The fourth-order valence-electron chi connectivity index (χ4n) is 1.48. The Bertz CT molecular complexity index is 446. The van der Waals surface area contributed by atoms with Crippen LogP contribution in [0.2, 0.25) is 0 Å². The number of ether oxygens (including phenoxy) is 1. The predicted octanol–water partition coefficient (Wildman–Crippen LogP) is 2.74. The van der Waals surface area contributed by atoms with Crippen molar-refractivity contribution < 1.29 is 27.4 Å². The zero-order chi connectivity index (χ0) is 14.8. The van der Waals surface area contributed by atoms with Crippen molar-refractivity contribution >= 4 is 0 Å². The van der Waals surface area contributed by atoms with Crippen molar-refractivity contribution in [3.8, 4) is 5.75 Å². The first kappa shape index (κ1) is 15.7. The Hall–Kier alpha value is -1.34. The van der Waals surface area contributed by atoms with Gasteiger partial charge in [0.15, 0.2) is 0 Å². The number of rotatable bonds is 4. The molecular weight excluding hydrogens is 266 g/mol. The van der Waals surface area contributed by atoms with Gasteiger partial charge in [0, 0.05) is 23.6 Å². The molecule has 0 unspecified atom stereocenters. The fraction of sp³-hybridized carbons (Fsp3) is 0.500. The van der Waals surface area contributed by atoms with Crippen LogP contribution in [0.1, 0.15) is 25.5 Å². The highest BCUT2D eigenvalue weighted by Crippen LogP contribution is 2.34. The molecule has 0 saturated heterocycles. The summed E-state index contributed by atoms with van der Waals surface area (Å²) in [6.07, 6.45) is -4.86. The minimum Gasteiger partial charge on any atom is -0.406 e. The summed E-state index contributed by atoms with van der Waals surface area (Å²) in [6, 6.07) is 1.65. The summed E-state index contributed by atoms with van der Waals surface area (Å²) in [5.74, 6) is -1.29. The molecule has 0 heterocycles. The Morgan fingerprint density at radius 2 is 1.89 bits per heavy atom. The largest absolute Gasteiger partial charge is 0.573 e. The highest BCUT2D eigenvalue weighted by atomic mass is 19.4. The molecule has 1 atom stereocenters. The van der Waals surface area contributed by atoms with Gasteiger partial charge in [-0.2, -0.15) is 0 Å². The number of nitrogens with two attached hydrogens (primary N) is 1. The molecule has 0 fully saturated rings. The Morgan fingerprint density at radius 1 is 1.32 bits per heavy atom. The number of alkyl halides is 3. The molecule has 0 spiro atoms. The van der Waals surface area contributed by atoms with E-state index in [9.17, 15) is 17.6 Å². The number of aliphatic hydroxyl groups excluding tert-OH is 1. The zero-order valence-electron chi connectivity index (χ0n) is 10.5. The summed E-state index contributed by atoms with van der Waals surface area (Å²) in [7, 11) is 0. The molecule has 0 amide bonds. The fourth-order valence-corrected chi connectivity index (χ4v) is 1.48. The van der Waals surface area contributed by atoms with Gasteiger partial charge in [0.25, 0.3) is 0 Å². The second-order valence-electron chi connectivity index (χ2n) is 4.86. The zero-order valence-corrected chi connectivity index (χ0v) is 10.5. The third-order valence-electron chi connectivity index (χ3n) is 2.79. The summed E-state index contributed by atoms with van der Waals surface area (Å²) >= 11 is 0. The first-order valence-corrected chi connectivity index (χ1v) is 5.48. The SMILES string of the molecule is CC(C)(CO)[C@@H](N)c1cc(OC(F)(F)F)ccc1F. The standard InChI is InChI=1S/C12H15F4NO2/c1-11(2,6-18)10(17)8-5-7(3-4-9(8)13)19-12(14,15)16/h3-5,10,18H,6,17H2,1-2H3/t10-/m0/s1. The smallest absolute Gasteiger partial charge is 0.406 e. The van der Waals surface area contributed by atoms with Gasteiger partial charge in [-0.05, 0) is 18.2 Å². The van der Waals surface area contributed by atoms with Crippen molar-refractivity contribution in [3.63, 3.8) is 0 Å². The number of hydrogen-bond donors (Lipinski definition) is 2. The maximum absolute atomic E-state index is 13.6. The van der Waals surface area contributed by atoms with Crippen LogP contribution in [0.4, 0.5) is 17.6 Å². The van der Waals surface area contributed by atoms with Gasteiger partial charge in [-0.15, -0.1) is 13.2 Å². The van der Waals surface area contributed by atoms with Crippen LogP contribution in [0.5, 0.6) is 5.75 Å². The molecule has 0 radical (unpaired) electrons. The van der Waals surface area contributed by atoms with Crippen molar-refractivity contribution in [1.82, 2.24) is 0 Å². The molecule has 1 aromatic rings. The molecule has 0 aliphatic carbocycles. The van der Waals surface area contributed by atoms with Gasteiger partial charge < -0.3 is 15.6 Å². The Kier molecular flexibility index (Phi) is 4.42. The van der Waals surface area contributed by atoms with Crippen LogP contribution in [-0.4, -0.2) is 18.1 Å². The first-order chi connectivity index (χ1) is 8.57. The second kappa shape index (κ2) is 5.34. The lowest BCUT2D eigenvalue weighted by Crippen LogP contribution is -2.33. The summed E-state index contributed by atoms with van der Waals surface area (Å²) in [5, 5.41) is 9.16. The van der Waals surface area contributed by atoms with E-state index in [4.69, 9.17) is 10.8 Å². The maximum atomic E-state index is 13.6. The van der Waals surface area contributed by atoms with Crippen LogP contribution in [0.15, 0.2) is 18.2 Å². The third kappa shape index (κ3) is 4.07. The average Bonchev–Trinajstić information content (AvgIpc) is 2.29. The molecule has 1 rings (SSSR count). The van der Waals surface area contributed by atoms with Crippen molar-refractivity contribution in [2.24, 2.45) is 11.1 Å². The minimum atomic E-state index is -4.86. The van der Waals surface area contributed by atoms with Crippen LogP contribution in [0.3, 0.4) is 0 Å². The summed E-state index contributed by atoms with van der Waals surface area (Å²) < 4.78 is 53.6. The molecule has 0 saturated carbocycles. The molecule has 0 aromatic heterocycles. The van der Waals surface area contributed by atoms with Gasteiger partial charge in [-0.1, -0.05) is 13.8 Å². The van der Waals surface area contributed by atoms with E-state index in [0.29, 0.717) is 0 Å². The summed E-state index contributed by atoms with van der Waals surface area (Å²) in [5.41, 5.74) is 4.76. The molecule has 0 bridgehead atoms. The lowest BCUT2D eigenvalue weighted by Gasteiger charge is -2.30. The van der Waals surface area contributed by atoms with Gasteiger partial charge in [0.1, 0.15) is 11.6 Å². The molecule has 108 valence electrons. The summed E-state index contributed by atoms with van der Waals surface area (Å²) in [4.78, 5) is 0. The quantitative estimate of drug-likeness (QED) is 0.834. The van der Waals surface area contributed by atoms with E-state index in [0.717, 1.165) is 18.2 Å². The van der Waals surface area contributed by atoms with E-state index in [1.54, 1.807) is 13.8 Å². The molecule has 0 aliphatic heterocycles. The van der Waals surface area contributed by atoms with E-state index in [-0.39, 0.29) is 12.2 Å². The van der Waals surface area contributed by atoms with E-state index in [2.05, 4.69) is 4.74 Å². The predicted molar refractivity (Wildman–Crippen MR) is 60.9 cm³/mol. The van der Waals surface area contributed by atoms with Crippen LogP contribution in [-0.2, 0) is 0 Å². The van der Waals surface area contributed by atoms with E-state index < -0.39 is 29.4 Å². The lowest BCUT2D eigenvalue weighted by molar-refractivity contribution is -0.274. The van der Waals surface area contributed by atoms with E-state index >= 15 is 0 Å². The van der Waals surface area contributed by atoms with Crippen molar-refractivity contribution in [1.29, 1.82) is 0 Å². The van der Waals surface area contributed by atoms with Gasteiger partial charge in [0.2, 0.25) is 0 Å². The van der Waals surface area contributed by atoms with Crippen LogP contribution >= 0.6 is 0 Å². The molecule has 7 heteroatoms.